The van der Waals surface area contributed by atoms with Crippen molar-refractivity contribution in [2.75, 3.05) is 37.4 Å². The highest BCUT2D eigenvalue weighted by Crippen LogP contribution is 2.28. The number of nitrogens with one attached hydrogen (secondary N) is 1. The summed E-state index contributed by atoms with van der Waals surface area (Å²) in [6, 6.07) is 8.22. The number of carbonyl (C=O) groups excluding carboxylic acids is 2. The van der Waals surface area contributed by atoms with Gasteiger partial charge in [-0.15, -0.1) is 10.2 Å². The normalized spacial score (nSPS) is 13.5. The Hall–Kier alpha value is -2.55. The molecule has 0 saturated carbocycles. The predicted octanol–water partition coefficient (Wildman–Crippen LogP) is 2.34. The fourth-order valence-corrected chi connectivity index (χ4v) is 3.92. The average molecular weight is 418 g/mol. The molecule has 9 heteroatoms. The molecule has 0 unspecified atom stereocenters. The number of methoxy groups -OCH3 is 1. The van der Waals surface area contributed by atoms with E-state index >= 15 is 0 Å². The SMILES string of the molecule is COC(=O)CCCNC(=O)CSc1nnc(N2CCCC2)n1-c1ccc(C)cc1. The van der Waals surface area contributed by atoms with Crippen molar-refractivity contribution < 1.29 is 14.3 Å². The Morgan fingerprint density at radius 1 is 1.17 bits per heavy atom. The summed E-state index contributed by atoms with van der Waals surface area (Å²) >= 11 is 1.36. The van der Waals surface area contributed by atoms with E-state index in [-0.39, 0.29) is 17.6 Å². The van der Waals surface area contributed by atoms with Crippen LogP contribution < -0.4 is 10.2 Å². The Morgan fingerprint density at radius 2 is 1.90 bits per heavy atom. The largest absolute Gasteiger partial charge is 0.469 e. The van der Waals surface area contributed by atoms with E-state index in [9.17, 15) is 9.59 Å². The molecule has 0 spiro atoms. The molecule has 1 N–H and O–H groups in total. The van der Waals surface area contributed by atoms with Crippen molar-refractivity contribution in [3.63, 3.8) is 0 Å². The Kier molecular flexibility index (Phi) is 7.51. The van der Waals surface area contributed by atoms with Gasteiger partial charge in [0.1, 0.15) is 0 Å². The number of amides is 1. The summed E-state index contributed by atoms with van der Waals surface area (Å²) in [6.45, 7) is 4.43. The van der Waals surface area contributed by atoms with E-state index in [1.54, 1.807) is 0 Å². The fourth-order valence-electron chi connectivity index (χ4n) is 3.14. The van der Waals surface area contributed by atoms with Gasteiger partial charge in [0.15, 0.2) is 5.16 Å². The van der Waals surface area contributed by atoms with Gasteiger partial charge in [-0.2, -0.15) is 0 Å². The zero-order valence-electron chi connectivity index (χ0n) is 16.9. The number of hydrogen-bond donors (Lipinski definition) is 1. The molecule has 0 radical (unpaired) electrons. The number of hydrogen-bond acceptors (Lipinski definition) is 7. The van der Waals surface area contributed by atoms with Gasteiger partial charge in [0.05, 0.1) is 18.6 Å². The zero-order chi connectivity index (χ0) is 20.6. The molecule has 2 aromatic rings. The predicted molar refractivity (Wildman–Crippen MR) is 113 cm³/mol. The molecule has 0 bridgehead atoms. The van der Waals surface area contributed by atoms with Crippen LogP contribution in [0.3, 0.4) is 0 Å². The van der Waals surface area contributed by atoms with Crippen LogP contribution in [0, 0.1) is 6.92 Å². The summed E-state index contributed by atoms with van der Waals surface area (Å²) in [5, 5.41) is 12.3. The molecule has 1 aliphatic rings. The van der Waals surface area contributed by atoms with Crippen molar-refractivity contribution in [1.82, 2.24) is 20.1 Å². The Bertz CT molecular complexity index is 831. The van der Waals surface area contributed by atoms with Crippen LogP contribution >= 0.6 is 11.8 Å². The monoisotopic (exact) mass is 417 g/mol. The van der Waals surface area contributed by atoms with Crippen LogP contribution in [0.25, 0.3) is 5.69 Å². The van der Waals surface area contributed by atoms with E-state index in [4.69, 9.17) is 0 Å². The van der Waals surface area contributed by atoms with Crippen molar-refractivity contribution in [3.05, 3.63) is 29.8 Å². The second-order valence-corrected chi connectivity index (χ2v) is 7.91. The van der Waals surface area contributed by atoms with Gasteiger partial charge < -0.3 is 15.0 Å². The molecule has 29 heavy (non-hydrogen) atoms. The second kappa shape index (κ2) is 10.3. The first-order valence-corrected chi connectivity index (χ1v) is 10.8. The first-order chi connectivity index (χ1) is 14.1. The maximum atomic E-state index is 12.2. The molecule has 0 aliphatic carbocycles. The van der Waals surface area contributed by atoms with Crippen LogP contribution in [0.15, 0.2) is 29.4 Å². The van der Waals surface area contributed by atoms with Crippen LogP contribution in [-0.2, 0) is 14.3 Å². The van der Waals surface area contributed by atoms with Crippen LogP contribution in [-0.4, -0.2) is 59.1 Å². The van der Waals surface area contributed by atoms with Crippen molar-refractivity contribution in [3.8, 4) is 5.69 Å². The summed E-state index contributed by atoms with van der Waals surface area (Å²) in [5.74, 6) is 0.699. The topological polar surface area (TPSA) is 89.3 Å². The number of thioether (sulfide) groups is 1. The van der Waals surface area contributed by atoms with Gasteiger partial charge in [0.25, 0.3) is 0 Å². The Balaban J connectivity index is 1.65. The second-order valence-electron chi connectivity index (χ2n) is 6.97. The van der Waals surface area contributed by atoms with Crippen molar-refractivity contribution in [1.29, 1.82) is 0 Å². The Labute approximate surface area is 175 Å². The summed E-state index contributed by atoms with van der Waals surface area (Å²) in [5.41, 5.74) is 2.17. The number of esters is 1. The van der Waals surface area contributed by atoms with Gasteiger partial charge in [-0.25, -0.2) is 0 Å². The summed E-state index contributed by atoms with van der Waals surface area (Å²) in [7, 11) is 1.36. The van der Waals surface area contributed by atoms with Gasteiger partial charge in [0.2, 0.25) is 11.9 Å². The van der Waals surface area contributed by atoms with Gasteiger partial charge in [0, 0.05) is 26.1 Å². The summed E-state index contributed by atoms with van der Waals surface area (Å²) in [4.78, 5) is 25.5. The minimum atomic E-state index is -0.269. The Morgan fingerprint density at radius 3 is 2.59 bits per heavy atom. The lowest BCUT2D eigenvalue weighted by Crippen LogP contribution is -2.26. The maximum Gasteiger partial charge on any atom is 0.305 e. The minimum absolute atomic E-state index is 0.0963. The highest BCUT2D eigenvalue weighted by molar-refractivity contribution is 7.99. The molecule has 1 saturated heterocycles. The van der Waals surface area contributed by atoms with E-state index in [1.807, 2.05) is 4.57 Å². The van der Waals surface area contributed by atoms with E-state index in [0.717, 1.165) is 37.6 Å². The number of ether oxygens (including phenoxy) is 1. The lowest BCUT2D eigenvalue weighted by molar-refractivity contribution is -0.140. The third kappa shape index (κ3) is 5.72. The molecule has 1 aromatic carbocycles. The van der Waals surface area contributed by atoms with Gasteiger partial charge in [-0.3, -0.25) is 14.2 Å². The molecule has 3 rings (SSSR count). The minimum Gasteiger partial charge on any atom is -0.469 e. The van der Waals surface area contributed by atoms with Gasteiger partial charge in [-0.05, 0) is 38.3 Å². The van der Waals surface area contributed by atoms with Crippen molar-refractivity contribution in [2.45, 2.75) is 37.8 Å². The molecule has 1 amide bonds. The van der Waals surface area contributed by atoms with Crippen molar-refractivity contribution in [2.24, 2.45) is 0 Å². The smallest absolute Gasteiger partial charge is 0.305 e. The number of carbonyl (C=O) groups is 2. The molecular weight excluding hydrogens is 390 g/mol. The average Bonchev–Trinajstić information content (AvgIpc) is 3.39. The molecule has 8 nitrogen and oxygen atoms in total. The first kappa shape index (κ1) is 21.2. The standard InChI is InChI=1S/C20H27N5O3S/c1-15-7-9-16(10-8-15)25-19(24-12-3-4-13-24)22-23-20(25)29-14-17(26)21-11-5-6-18(27)28-2/h7-10H,3-6,11-14H2,1-2H3,(H,21,26). The summed E-state index contributed by atoms with van der Waals surface area (Å²) in [6.07, 6.45) is 3.15. The molecule has 1 aliphatic heterocycles. The number of nitrogens with zero attached hydrogens (tertiary/aromatic N) is 4. The number of anilines is 1. The third-order valence-electron chi connectivity index (χ3n) is 4.74. The van der Waals surface area contributed by atoms with Gasteiger partial charge in [-0.1, -0.05) is 29.5 Å². The zero-order valence-corrected chi connectivity index (χ0v) is 17.7. The van der Waals surface area contributed by atoms with E-state index in [1.165, 1.54) is 24.4 Å². The molecule has 156 valence electrons. The molecular formula is C20H27N5O3S. The highest BCUT2D eigenvalue weighted by atomic mass is 32.2. The molecule has 1 aromatic heterocycles. The van der Waals surface area contributed by atoms with E-state index in [2.05, 4.69) is 56.3 Å². The third-order valence-corrected chi connectivity index (χ3v) is 5.67. The fraction of sp³-hybridized carbons (Fsp3) is 0.500. The lowest BCUT2D eigenvalue weighted by atomic mass is 10.2. The quantitative estimate of drug-likeness (QED) is 0.380. The van der Waals surface area contributed by atoms with E-state index in [0.29, 0.717) is 24.5 Å². The molecule has 2 heterocycles. The first-order valence-electron chi connectivity index (χ1n) is 9.82. The van der Waals surface area contributed by atoms with Gasteiger partial charge >= 0.3 is 5.97 Å². The highest BCUT2D eigenvalue weighted by Gasteiger charge is 2.22. The van der Waals surface area contributed by atoms with Crippen LogP contribution in [0.2, 0.25) is 0 Å². The lowest BCUT2D eigenvalue weighted by Gasteiger charge is -2.18. The molecule has 1 fully saturated rings. The number of aromatic nitrogens is 3. The van der Waals surface area contributed by atoms with Crippen LogP contribution in [0.5, 0.6) is 0 Å². The maximum absolute atomic E-state index is 12.2. The van der Waals surface area contributed by atoms with Crippen LogP contribution in [0.4, 0.5) is 5.95 Å². The van der Waals surface area contributed by atoms with Crippen molar-refractivity contribution >= 4 is 29.6 Å². The number of benzene rings is 1. The number of rotatable bonds is 9. The number of aryl methyl sites for hydroxylation is 1. The summed E-state index contributed by atoms with van der Waals surface area (Å²) < 4.78 is 6.62. The van der Waals surface area contributed by atoms with Crippen LogP contribution in [0.1, 0.15) is 31.2 Å². The molecule has 0 atom stereocenters. The van der Waals surface area contributed by atoms with E-state index < -0.39 is 0 Å².